The van der Waals surface area contributed by atoms with Crippen LogP contribution in [0.1, 0.15) is 28.4 Å². The summed E-state index contributed by atoms with van der Waals surface area (Å²) in [6.45, 7) is 3.66. The van der Waals surface area contributed by atoms with Crippen molar-refractivity contribution in [2.24, 2.45) is 0 Å². The zero-order chi connectivity index (χ0) is 18.2. The van der Waals surface area contributed by atoms with Gasteiger partial charge < -0.3 is 15.7 Å². The smallest absolute Gasteiger partial charge is 0.251 e. The molecule has 0 bridgehead atoms. The summed E-state index contributed by atoms with van der Waals surface area (Å²) in [5.74, 6) is -0.621. The molecule has 0 saturated heterocycles. The van der Waals surface area contributed by atoms with Gasteiger partial charge in [0, 0.05) is 18.5 Å². The van der Waals surface area contributed by atoms with Crippen molar-refractivity contribution in [1.29, 1.82) is 0 Å². The average molecular weight is 340 g/mol. The minimum atomic E-state index is -0.683. The fourth-order valence-electron chi connectivity index (χ4n) is 2.46. The lowest BCUT2D eigenvalue weighted by Gasteiger charge is -2.16. The highest BCUT2D eigenvalue weighted by atomic mass is 16.3. The third-order valence-corrected chi connectivity index (χ3v) is 3.85. The van der Waals surface area contributed by atoms with Crippen molar-refractivity contribution in [3.05, 3.63) is 71.3 Å². The molecule has 0 aromatic heterocycles. The zero-order valence-electron chi connectivity index (χ0n) is 14.5. The Bertz CT molecular complexity index is 716. The maximum absolute atomic E-state index is 12.2. The van der Waals surface area contributed by atoms with Crippen LogP contribution in [0.2, 0.25) is 0 Å². The van der Waals surface area contributed by atoms with Crippen LogP contribution < -0.4 is 10.6 Å². The molecule has 2 rings (SSSR count). The second-order valence-electron chi connectivity index (χ2n) is 6.15. The van der Waals surface area contributed by atoms with Crippen molar-refractivity contribution in [3.63, 3.8) is 0 Å². The topological polar surface area (TPSA) is 78.4 Å². The number of amides is 2. The second kappa shape index (κ2) is 8.99. The van der Waals surface area contributed by atoms with E-state index in [9.17, 15) is 14.7 Å². The Kier molecular flexibility index (Phi) is 6.71. The van der Waals surface area contributed by atoms with Gasteiger partial charge in [-0.1, -0.05) is 48.0 Å². The molecule has 2 amide bonds. The van der Waals surface area contributed by atoms with Crippen LogP contribution in [0.4, 0.5) is 0 Å². The number of aliphatic hydroxyl groups is 1. The van der Waals surface area contributed by atoms with Gasteiger partial charge in [0.1, 0.15) is 6.04 Å². The van der Waals surface area contributed by atoms with Crippen LogP contribution >= 0.6 is 0 Å². The molecule has 0 aliphatic heterocycles. The highest BCUT2D eigenvalue weighted by Gasteiger charge is 2.17. The molecular weight excluding hydrogens is 316 g/mol. The van der Waals surface area contributed by atoms with Gasteiger partial charge in [-0.15, -0.1) is 0 Å². The number of carbonyl (C=O) groups is 2. The zero-order valence-corrected chi connectivity index (χ0v) is 14.5. The van der Waals surface area contributed by atoms with Crippen LogP contribution in [-0.2, 0) is 11.2 Å². The van der Waals surface area contributed by atoms with Crippen molar-refractivity contribution >= 4 is 11.8 Å². The monoisotopic (exact) mass is 340 g/mol. The number of rotatable bonds is 7. The van der Waals surface area contributed by atoms with Gasteiger partial charge in [-0.3, -0.25) is 9.59 Å². The number of hydrogen-bond donors (Lipinski definition) is 3. The van der Waals surface area contributed by atoms with Crippen LogP contribution in [0.3, 0.4) is 0 Å². The summed E-state index contributed by atoms with van der Waals surface area (Å²) < 4.78 is 0. The van der Waals surface area contributed by atoms with Crippen LogP contribution in [0.15, 0.2) is 54.6 Å². The van der Waals surface area contributed by atoms with Gasteiger partial charge in [0.25, 0.3) is 5.91 Å². The Morgan fingerprint density at radius 1 is 1.08 bits per heavy atom. The van der Waals surface area contributed by atoms with Crippen molar-refractivity contribution in [2.45, 2.75) is 32.4 Å². The van der Waals surface area contributed by atoms with E-state index >= 15 is 0 Å². The standard InChI is InChI=1S/C20H24N2O3/c1-14-7-6-10-17(11-14)20(25)22-15(2)19(24)21-13-18(23)12-16-8-4-3-5-9-16/h3-11,15,18,23H,12-13H2,1-2H3,(H,21,24)(H,22,25). The van der Waals surface area contributed by atoms with Crippen molar-refractivity contribution in [1.82, 2.24) is 10.6 Å². The van der Waals surface area contributed by atoms with E-state index in [-0.39, 0.29) is 18.4 Å². The summed E-state index contributed by atoms with van der Waals surface area (Å²) in [6, 6.07) is 16.1. The summed E-state index contributed by atoms with van der Waals surface area (Å²) in [6.07, 6.45) is -0.212. The molecule has 132 valence electrons. The Hall–Kier alpha value is -2.66. The van der Waals surface area contributed by atoms with Gasteiger partial charge in [0.15, 0.2) is 0 Å². The fourth-order valence-corrected chi connectivity index (χ4v) is 2.46. The highest BCUT2D eigenvalue weighted by Crippen LogP contribution is 2.04. The molecule has 0 fully saturated rings. The molecule has 0 saturated carbocycles. The maximum atomic E-state index is 12.2. The molecule has 3 N–H and O–H groups in total. The first-order valence-electron chi connectivity index (χ1n) is 8.33. The number of carbonyl (C=O) groups excluding carboxylic acids is 2. The van der Waals surface area contributed by atoms with Gasteiger partial charge in [-0.25, -0.2) is 0 Å². The molecule has 0 aliphatic rings. The summed E-state index contributed by atoms with van der Waals surface area (Å²) in [7, 11) is 0. The first-order valence-corrected chi connectivity index (χ1v) is 8.33. The molecule has 5 heteroatoms. The van der Waals surface area contributed by atoms with E-state index in [1.165, 1.54) is 0 Å². The first kappa shape index (κ1) is 18.7. The van der Waals surface area contributed by atoms with Gasteiger partial charge in [-0.05, 0) is 31.5 Å². The first-order chi connectivity index (χ1) is 12.0. The number of aliphatic hydroxyl groups excluding tert-OH is 1. The van der Waals surface area contributed by atoms with E-state index in [0.717, 1.165) is 11.1 Å². The number of aryl methyl sites for hydroxylation is 1. The second-order valence-corrected chi connectivity index (χ2v) is 6.15. The Balaban J connectivity index is 1.79. The van der Waals surface area contributed by atoms with E-state index in [0.29, 0.717) is 12.0 Å². The summed E-state index contributed by atoms with van der Waals surface area (Å²) in [4.78, 5) is 24.2. The molecule has 2 unspecified atom stereocenters. The Labute approximate surface area is 148 Å². The molecule has 0 heterocycles. The Morgan fingerprint density at radius 3 is 2.48 bits per heavy atom. The van der Waals surface area contributed by atoms with Gasteiger partial charge >= 0.3 is 0 Å². The van der Waals surface area contributed by atoms with Crippen molar-refractivity contribution in [3.8, 4) is 0 Å². The Morgan fingerprint density at radius 2 is 1.80 bits per heavy atom. The number of hydrogen-bond acceptors (Lipinski definition) is 3. The number of benzene rings is 2. The SMILES string of the molecule is Cc1cccc(C(=O)NC(C)C(=O)NCC(O)Cc2ccccc2)c1. The van der Waals surface area contributed by atoms with Crippen LogP contribution in [-0.4, -0.2) is 35.6 Å². The van der Waals surface area contributed by atoms with Crippen molar-refractivity contribution < 1.29 is 14.7 Å². The average Bonchev–Trinajstić information content (AvgIpc) is 2.60. The van der Waals surface area contributed by atoms with Crippen LogP contribution in [0.25, 0.3) is 0 Å². The van der Waals surface area contributed by atoms with E-state index in [1.807, 2.05) is 43.3 Å². The van der Waals surface area contributed by atoms with Gasteiger partial charge in [0.2, 0.25) is 5.91 Å². The summed E-state index contributed by atoms with van der Waals surface area (Å²) in [5.41, 5.74) is 2.50. The number of nitrogens with one attached hydrogen (secondary N) is 2. The summed E-state index contributed by atoms with van der Waals surface area (Å²) >= 11 is 0. The van der Waals surface area contributed by atoms with E-state index in [1.54, 1.807) is 25.1 Å². The van der Waals surface area contributed by atoms with Crippen LogP contribution in [0, 0.1) is 6.92 Å². The van der Waals surface area contributed by atoms with E-state index in [4.69, 9.17) is 0 Å². The lowest BCUT2D eigenvalue weighted by atomic mass is 10.1. The van der Waals surface area contributed by atoms with Crippen LogP contribution in [0.5, 0.6) is 0 Å². The lowest BCUT2D eigenvalue weighted by Crippen LogP contribution is -2.46. The molecule has 0 radical (unpaired) electrons. The van der Waals surface area contributed by atoms with E-state index < -0.39 is 12.1 Å². The molecular formula is C20H24N2O3. The molecule has 0 aliphatic carbocycles. The quantitative estimate of drug-likeness (QED) is 0.719. The summed E-state index contributed by atoms with van der Waals surface area (Å²) in [5, 5.41) is 15.4. The van der Waals surface area contributed by atoms with Gasteiger partial charge in [-0.2, -0.15) is 0 Å². The molecule has 5 nitrogen and oxygen atoms in total. The lowest BCUT2D eigenvalue weighted by molar-refractivity contribution is -0.123. The predicted octanol–water partition coefficient (Wildman–Crippen LogP) is 1.83. The predicted molar refractivity (Wildman–Crippen MR) is 97.3 cm³/mol. The third-order valence-electron chi connectivity index (χ3n) is 3.85. The molecule has 2 aromatic rings. The maximum Gasteiger partial charge on any atom is 0.251 e. The normalized spacial score (nSPS) is 12.9. The third kappa shape index (κ3) is 6.04. The van der Waals surface area contributed by atoms with E-state index in [2.05, 4.69) is 10.6 Å². The molecule has 2 aromatic carbocycles. The largest absolute Gasteiger partial charge is 0.391 e. The fraction of sp³-hybridized carbons (Fsp3) is 0.300. The minimum absolute atomic E-state index is 0.137. The molecule has 25 heavy (non-hydrogen) atoms. The van der Waals surface area contributed by atoms with Gasteiger partial charge in [0.05, 0.1) is 6.10 Å². The highest BCUT2D eigenvalue weighted by molar-refractivity contribution is 5.97. The minimum Gasteiger partial charge on any atom is -0.391 e. The molecule has 2 atom stereocenters. The van der Waals surface area contributed by atoms with Crippen molar-refractivity contribution in [2.75, 3.05) is 6.54 Å². The molecule has 0 spiro atoms.